The van der Waals surface area contributed by atoms with Crippen molar-refractivity contribution in [1.29, 1.82) is 0 Å². The Morgan fingerprint density at radius 2 is 2.31 bits per heavy atom. The third-order valence-corrected chi connectivity index (χ3v) is 6.28. The lowest BCUT2D eigenvalue weighted by molar-refractivity contribution is -0.127. The second-order valence-electron chi connectivity index (χ2n) is 7.05. The van der Waals surface area contributed by atoms with E-state index in [1.165, 1.54) is 11.8 Å². The number of nitrogens with one attached hydrogen (secondary N) is 1. The molecule has 2 aliphatic heterocycles. The number of thioether (sulfide) groups is 1. The van der Waals surface area contributed by atoms with Gasteiger partial charge in [-0.2, -0.15) is 0 Å². The number of amides is 1. The van der Waals surface area contributed by atoms with E-state index in [9.17, 15) is 4.79 Å². The maximum absolute atomic E-state index is 12.6. The Morgan fingerprint density at radius 1 is 1.42 bits per heavy atom. The second kappa shape index (κ2) is 7.40. The van der Waals surface area contributed by atoms with Crippen molar-refractivity contribution in [3.8, 4) is 0 Å². The van der Waals surface area contributed by atoms with E-state index in [4.69, 9.17) is 0 Å². The number of likely N-dealkylation sites (tertiary alicyclic amines) is 2. The van der Waals surface area contributed by atoms with E-state index < -0.39 is 0 Å². The van der Waals surface area contributed by atoms with Crippen LogP contribution >= 0.6 is 11.8 Å². The minimum Gasteiger partial charge on any atom is -0.340 e. The Bertz CT molecular complexity index is 773. The summed E-state index contributed by atoms with van der Waals surface area (Å²) in [4.78, 5) is 25.9. The molecule has 140 valence electrons. The SMILES string of the molecule is CCc1nc(SCC(=O)N2C[C@@H]3CCN(Cc4nccn4C)[C@@H]3C2)n[nH]1. The highest BCUT2D eigenvalue weighted by Crippen LogP contribution is 2.32. The molecule has 1 N–H and O–H groups in total. The summed E-state index contributed by atoms with van der Waals surface area (Å²) in [6, 6.07) is 0.454. The van der Waals surface area contributed by atoms with Crippen LogP contribution in [0.1, 0.15) is 25.0 Å². The van der Waals surface area contributed by atoms with Gasteiger partial charge in [0, 0.05) is 45.0 Å². The predicted octanol–water partition coefficient (Wildman–Crippen LogP) is 0.926. The third-order valence-electron chi connectivity index (χ3n) is 5.45. The number of rotatable bonds is 6. The van der Waals surface area contributed by atoms with Gasteiger partial charge in [0.2, 0.25) is 11.1 Å². The molecule has 2 aliphatic rings. The molecule has 4 rings (SSSR count). The number of hydrogen-bond donors (Lipinski definition) is 1. The van der Waals surface area contributed by atoms with Crippen LogP contribution < -0.4 is 0 Å². The molecule has 4 heterocycles. The van der Waals surface area contributed by atoms with E-state index in [2.05, 4.69) is 29.6 Å². The average Bonchev–Trinajstić information content (AvgIpc) is 3.39. The molecule has 0 bridgehead atoms. The molecule has 8 nitrogen and oxygen atoms in total. The quantitative estimate of drug-likeness (QED) is 0.756. The van der Waals surface area contributed by atoms with Gasteiger partial charge >= 0.3 is 0 Å². The topological polar surface area (TPSA) is 82.9 Å². The fourth-order valence-corrected chi connectivity index (χ4v) is 4.62. The van der Waals surface area contributed by atoms with Crippen molar-refractivity contribution in [2.45, 2.75) is 37.5 Å². The van der Waals surface area contributed by atoms with Crippen LogP contribution in [0.25, 0.3) is 0 Å². The maximum atomic E-state index is 12.6. The van der Waals surface area contributed by atoms with E-state index in [0.29, 0.717) is 22.9 Å². The van der Waals surface area contributed by atoms with Crippen LogP contribution in [0.3, 0.4) is 0 Å². The molecule has 9 heteroatoms. The van der Waals surface area contributed by atoms with E-state index >= 15 is 0 Å². The number of fused-ring (bicyclic) bond motifs is 1. The van der Waals surface area contributed by atoms with Crippen molar-refractivity contribution in [3.05, 3.63) is 24.0 Å². The maximum Gasteiger partial charge on any atom is 0.233 e. The van der Waals surface area contributed by atoms with Gasteiger partial charge < -0.3 is 9.47 Å². The number of aromatic nitrogens is 5. The van der Waals surface area contributed by atoms with Crippen molar-refractivity contribution in [3.63, 3.8) is 0 Å². The molecular weight excluding hydrogens is 350 g/mol. The van der Waals surface area contributed by atoms with E-state index in [1.54, 1.807) is 0 Å². The summed E-state index contributed by atoms with van der Waals surface area (Å²) in [5.41, 5.74) is 0. The van der Waals surface area contributed by atoms with Crippen molar-refractivity contribution in [2.75, 3.05) is 25.4 Å². The average molecular weight is 376 g/mol. The lowest BCUT2D eigenvalue weighted by Gasteiger charge is -2.24. The molecule has 0 unspecified atom stereocenters. The van der Waals surface area contributed by atoms with Crippen LogP contribution in [0, 0.1) is 5.92 Å². The fourth-order valence-electron chi connectivity index (χ4n) is 3.90. The molecular formula is C17H25N7OS. The summed E-state index contributed by atoms with van der Waals surface area (Å²) in [5, 5.41) is 7.69. The summed E-state index contributed by atoms with van der Waals surface area (Å²) >= 11 is 1.41. The van der Waals surface area contributed by atoms with Gasteiger partial charge in [-0.05, 0) is 18.9 Å². The monoisotopic (exact) mass is 375 g/mol. The first-order valence-electron chi connectivity index (χ1n) is 9.16. The number of H-pyrrole nitrogens is 1. The Morgan fingerprint density at radius 3 is 3.04 bits per heavy atom. The van der Waals surface area contributed by atoms with Crippen LogP contribution in [0.4, 0.5) is 0 Å². The molecule has 2 aromatic rings. The number of hydrogen-bond acceptors (Lipinski definition) is 6. The zero-order chi connectivity index (χ0) is 18.1. The van der Waals surface area contributed by atoms with Gasteiger partial charge in [-0.3, -0.25) is 14.8 Å². The lowest BCUT2D eigenvalue weighted by Crippen LogP contribution is -2.37. The predicted molar refractivity (Wildman–Crippen MR) is 98.6 cm³/mol. The first-order valence-corrected chi connectivity index (χ1v) is 10.1. The molecule has 0 radical (unpaired) electrons. The smallest absolute Gasteiger partial charge is 0.233 e. The first kappa shape index (κ1) is 17.5. The molecule has 2 aromatic heterocycles. The number of nitrogens with zero attached hydrogens (tertiary/aromatic N) is 6. The highest BCUT2D eigenvalue weighted by atomic mass is 32.2. The van der Waals surface area contributed by atoms with Crippen LogP contribution in [0.2, 0.25) is 0 Å². The molecule has 1 amide bonds. The fraction of sp³-hybridized carbons (Fsp3) is 0.647. The van der Waals surface area contributed by atoms with Gasteiger partial charge in [-0.25, -0.2) is 9.97 Å². The van der Waals surface area contributed by atoms with Crippen molar-refractivity contribution in [1.82, 2.24) is 34.5 Å². The highest BCUT2D eigenvalue weighted by molar-refractivity contribution is 7.99. The number of imidazole rings is 1. The van der Waals surface area contributed by atoms with Crippen LogP contribution in [0.15, 0.2) is 17.6 Å². The Labute approximate surface area is 157 Å². The summed E-state index contributed by atoms with van der Waals surface area (Å²) in [6.07, 6.45) is 5.81. The largest absolute Gasteiger partial charge is 0.340 e. The zero-order valence-corrected chi connectivity index (χ0v) is 16.1. The molecule has 0 saturated carbocycles. The number of aryl methyl sites for hydroxylation is 2. The molecule has 0 aromatic carbocycles. The van der Waals surface area contributed by atoms with Crippen molar-refractivity contribution >= 4 is 17.7 Å². The van der Waals surface area contributed by atoms with Crippen LogP contribution in [0.5, 0.6) is 0 Å². The molecule has 2 fully saturated rings. The van der Waals surface area contributed by atoms with E-state index in [1.807, 2.05) is 31.3 Å². The van der Waals surface area contributed by atoms with Crippen LogP contribution in [-0.2, 0) is 24.8 Å². The van der Waals surface area contributed by atoms with Gasteiger partial charge in [0.05, 0.1) is 12.3 Å². The molecule has 26 heavy (non-hydrogen) atoms. The van der Waals surface area contributed by atoms with E-state index in [-0.39, 0.29) is 5.91 Å². The second-order valence-corrected chi connectivity index (χ2v) is 7.99. The molecule has 0 spiro atoms. The number of carbonyl (C=O) groups excluding carboxylic acids is 1. The van der Waals surface area contributed by atoms with Crippen LogP contribution in [-0.4, -0.2) is 71.9 Å². The Balaban J connectivity index is 1.31. The normalized spacial score (nSPS) is 22.9. The van der Waals surface area contributed by atoms with Crippen molar-refractivity contribution in [2.24, 2.45) is 13.0 Å². The summed E-state index contributed by atoms with van der Waals surface area (Å²) in [5.74, 6) is 3.12. The zero-order valence-electron chi connectivity index (χ0n) is 15.3. The molecule has 2 saturated heterocycles. The molecule has 0 aliphatic carbocycles. The number of aromatic amines is 1. The Kier molecular flexibility index (Phi) is 4.99. The minimum absolute atomic E-state index is 0.184. The van der Waals surface area contributed by atoms with Gasteiger partial charge in [-0.1, -0.05) is 18.7 Å². The summed E-state index contributed by atoms with van der Waals surface area (Å²) in [6.45, 7) is 5.67. The number of carbonyl (C=O) groups is 1. The Hall–Kier alpha value is -1.87. The third kappa shape index (κ3) is 3.50. The summed E-state index contributed by atoms with van der Waals surface area (Å²) in [7, 11) is 2.03. The van der Waals surface area contributed by atoms with Gasteiger partial charge in [0.1, 0.15) is 11.6 Å². The first-order chi connectivity index (χ1) is 12.6. The van der Waals surface area contributed by atoms with Gasteiger partial charge in [0.15, 0.2) is 0 Å². The lowest BCUT2D eigenvalue weighted by atomic mass is 10.1. The highest BCUT2D eigenvalue weighted by Gasteiger charge is 2.42. The standard InChI is InChI=1S/C17H25N7OS/c1-3-14-19-17(21-20-14)26-11-16(25)24-8-12-4-6-23(13(12)9-24)10-15-18-5-7-22(15)2/h5,7,12-13H,3-4,6,8-11H2,1-2H3,(H,19,20,21)/t12-,13+/m0/s1. The van der Waals surface area contributed by atoms with E-state index in [0.717, 1.165) is 50.7 Å². The summed E-state index contributed by atoms with van der Waals surface area (Å²) < 4.78 is 2.07. The van der Waals surface area contributed by atoms with Gasteiger partial charge in [-0.15, -0.1) is 5.10 Å². The van der Waals surface area contributed by atoms with Crippen molar-refractivity contribution < 1.29 is 4.79 Å². The minimum atomic E-state index is 0.184. The molecule has 2 atom stereocenters. The van der Waals surface area contributed by atoms with Gasteiger partial charge in [0.25, 0.3) is 0 Å².